The van der Waals surface area contributed by atoms with Crippen molar-refractivity contribution in [3.05, 3.63) is 96.1 Å². The number of hydrazone groups is 1. The standard InChI is InChI=1S/C22H21N3O2/c26-22(16-23-20-9-5-2-6-10-20)25-24-15-18-11-13-21(14-12-18)27-17-19-7-3-1-4-8-19/h1-15,23H,16-17H2,(H,25,26)/b24-15+. The number of carbonyl (C=O) groups is 1. The average Bonchev–Trinajstić information content (AvgIpc) is 2.73. The lowest BCUT2D eigenvalue weighted by Crippen LogP contribution is -2.25. The number of hydrogen-bond donors (Lipinski definition) is 2. The summed E-state index contributed by atoms with van der Waals surface area (Å²) in [7, 11) is 0. The van der Waals surface area contributed by atoms with Crippen LogP contribution in [-0.4, -0.2) is 18.7 Å². The van der Waals surface area contributed by atoms with Crippen molar-refractivity contribution in [2.24, 2.45) is 5.10 Å². The zero-order valence-corrected chi connectivity index (χ0v) is 14.8. The first kappa shape index (κ1) is 18.2. The van der Waals surface area contributed by atoms with Crippen LogP contribution in [0.15, 0.2) is 90.0 Å². The van der Waals surface area contributed by atoms with Crippen LogP contribution in [0.5, 0.6) is 5.75 Å². The number of carbonyl (C=O) groups excluding carboxylic acids is 1. The fourth-order valence-corrected chi connectivity index (χ4v) is 2.35. The topological polar surface area (TPSA) is 62.7 Å². The maximum Gasteiger partial charge on any atom is 0.259 e. The molecule has 0 aliphatic carbocycles. The summed E-state index contributed by atoms with van der Waals surface area (Å²) in [5.41, 5.74) is 5.38. The first-order valence-corrected chi connectivity index (χ1v) is 8.67. The van der Waals surface area contributed by atoms with Crippen LogP contribution in [-0.2, 0) is 11.4 Å². The number of benzene rings is 3. The van der Waals surface area contributed by atoms with Gasteiger partial charge in [0.15, 0.2) is 0 Å². The highest BCUT2D eigenvalue weighted by molar-refractivity contribution is 5.84. The van der Waals surface area contributed by atoms with Crippen LogP contribution < -0.4 is 15.5 Å². The van der Waals surface area contributed by atoms with Gasteiger partial charge in [0.05, 0.1) is 12.8 Å². The Bertz CT molecular complexity index is 863. The van der Waals surface area contributed by atoms with Gasteiger partial charge in [-0.2, -0.15) is 5.10 Å². The van der Waals surface area contributed by atoms with E-state index in [-0.39, 0.29) is 12.5 Å². The Hall–Kier alpha value is -3.60. The molecule has 3 rings (SSSR count). The number of ether oxygens (including phenoxy) is 1. The van der Waals surface area contributed by atoms with Crippen LogP contribution in [0.4, 0.5) is 5.69 Å². The van der Waals surface area contributed by atoms with Crippen LogP contribution >= 0.6 is 0 Å². The molecule has 1 amide bonds. The second-order valence-corrected chi connectivity index (χ2v) is 5.86. The van der Waals surface area contributed by atoms with Gasteiger partial charge in [-0.25, -0.2) is 5.43 Å². The van der Waals surface area contributed by atoms with Gasteiger partial charge < -0.3 is 10.1 Å². The van der Waals surface area contributed by atoms with E-state index in [2.05, 4.69) is 15.8 Å². The quantitative estimate of drug-likeness (QED) is 0.475. The molecule has 5 nitrogen and oxygen atoms in total. The average molecular weight is 359 g/mol. The molecule has 0 unspecified atom stereocenters. The molecule has 2 N–H and O–H groups in total. The molecule has 27 heavy (non-hydrogen) atoms. The highest BCUT2D eigenvalue weighted by Crippen LogP contribution is 2.13. The fraction of sp³-hybridized carbons (Fsp3) is 0.0909. The normalized spacial score (nSPS) is 10.5. The Labute approximate surface area is 158 Å². The molecule has 0 radical (unpaired) electrons. The van der Waals surface area contributed by atoms with Gasteiger partial charge in [-0.1, -0.05) is 48.5 Å². The van der Waals surface area contributed by atoms with Gasteiger partial charge in [0.2, 0.25) is 0 Å². The summed E-state index contributed by atoms with van der Waals surface area (Å²) >= 11 is 0. The van der Waals surface area contributed by atoms with E-state index in [4.69, 9.17) is 4.74 Å². The Balaban J connectivity index is 1.41. The third-order valence-electron chi connectivity index (χ3n) is 3.76. The van der Waals surface area contributed by atoms with Crippen molar-refractivity contribution in [1.29, 1.82) is 0 Å². The summed E-state index contributed by atoms with van der Waals surface area (Å²) in [5.74, 6) is 0.574. The van der Waals surface area contributed by atoms with Crippen molar-refractivity contribution < 1.29 is 9.53 Å². The molecular formula is C22H21N3O2. The molecule has 136 valence electrons. The number of hydrogen-bond acceptors (Lipinski definition) is 4. The summed E-state index contributed by atoms with van der Waals surface area (Å²) in [6, 6.07) is 27.1. The second-order valence-electron chi connectivity index (χ2n) is 5.86. The molecule has 3 aromatic carbocycles. The summed E-state index contributed by atoms with van der Waals surface area (Å²) in [6.45, 7) is 0.687. The number of amides is 1. The number of nitrogens with zero attached hydrogens (tertiary/aromatic N) is 1. The lowest BCUT2D eigenvalue weighted by atomic mass is 10.2. The van der Waals surface area contributed by atoms with E-state index >= 15 is 0 Å². The number of anilines is 1. The smallest absolute Gasteiger partial charge is 0.259 e. The number of rotatable bonds is 8. The summed E-state index contributed by atoms with van der Waals surface area (Å²) in [4.78, 5) is 11.8. The fourth-order valence-electron chi connectivity index (χ4n) is 2.35. The van der Waals surface area contributed by atoms with Gasteiger partial charge in [0, 0.05) is 5.69 Å². The molecule has 3 aromatic rings. The third kappa shape index (κ3) is 6.32. The monoisotopic (exact) mass is 359 g/mol. The van der Waals surface area contributed by atoms with Gasteiger partial charge in [-0.05, 0) is 47.5 Å². The third-order valence-corrected chi connectivity index (χ3v) is 3.76. The number of para-hydroxylation sites is 1. The first-order chi connectivity index (χ1) is 13.3. The number of nitrogens with one attached hydrogen (secondary N) is 2. The van der Waals surface area contributed by atoms with E-state index in [9.17, 15) is 4.79 Å². The Morgan fingerprint density at radius 1 is 0.889 bits per heavy atom. The van der Waals surface area contributed by atoms with Gasteiger partial charge in [-0.3, -0.25) is 4.79 Å². The molecule has 0 bridgehead atoms. The van der Waals surface area contributed by atoms with E-state index < -0.39 is 0 Å². The van der Waals surface area contributed by atoms with E-state index in [0.29, 0.717) is 6.61 Å². The molecule has 0 spiro atoms. The van der Waals surface area contributed by atoms with Crippen LogP contribution in [0, 0.1) is 0 Å². The molecule has 0 atom stereocenters. The Morgan fingerprint density at radius 3 is 2.26 bits per heavy atom. The summed E-state index contributed by atoms with van der Waals surface area (Å²) < 4.78 is 5.74. The van der Waals surface area contributed by atoms with Crippen LogP contribution in [0.2, 0.25) is 0 Å². The van der Waals surface area contributed by atoms with Crippen molar-refractivity contribution in [3.8, 4) is 5.75 Å². The zero-order valence-electron chi connectivity index (χ0n) is 14.8. The molecule has 0 saturated heterocycles. The molecule has 0 aliphatic rings. The summed E-state index contributed by atoms with van der Waals surface area (Å²) in [6.07, 6.45) is 1.60. The van der Waals surface area contributed by atoms with E-state index in [1.54, 1.807) is 6.21 Å². The van der Waals surface area contributed by atoms with E-state index in [1.165, 1.54) is 0 Å². The van der Waals surface area contributed by atoms with Crippen molar-refractivity contribution in [2.45, 2.75) is 6.61 Å². The highest BCUT2D eigenvalue weighted by Gasteiger charge is 1.99. The largest absolute Gasteiger partial charge is 0.489 e. The first-order valence-electron chi connectivity index (χ1n) is 8.67. The van der Waals surface area contributed by atoms with Gasteiger partial charge in [0.1, 0.15) is 12.4 Å². The minimum Gasteiger partial charge on any atom is -0.489 e. The highest BCUT2D eigenvalue weighted by atomic mass is 16.5. The minimum absolute atomic E-state index is 0.160. The van der Waals surface area contributed by atoms with Crippen molar-refractivity contribution >= 4 is 17.8 Å². The van der Waals surface area contributed by atoms with Crippen molar-refractivity contribution in [2.75, 3.05) is 11.9 Å². The summed E-state index contributed by atoms with van der Waals surface area (Å²) in [5, 5.41) is 7.00. The molecule has 5 heteroatoms. The minimum atomic E-state index is -0.210. The van der Waals surface area contributed by atoms with Gasteiger partial charge in [-0.15, -0.1) is 0 Å². The zero-order chi connectivity index (χ0) is 18.7. The maximum absolute atomic E-state index is 11.8. The molecule has 0 fully saturated rings. The predicted octanol–water partition coefficient (Wildman–Crippen LogP) is 3.83. The lowest BCUT2D eigenvalue weighted by Gasteiger charge is -2.06. The van der Waals surface area contributed by atoms with Gasteiger partial charge >= 0.3 is 0 Å². The second kappa shape index (κ2) is 9.77. The predicted molar refractivity (Wildman–Crippen MR) is 108 cm³/mol. The van der Waals surface area contributed by atoms with Crippen LogP contribution in [0.25, 0.3) is 0 Å². The maximum atomic E-state index is 11.8. The SMILES string of the molecule is O=C(CNc1ccccc1)N/N=C/c1ccc(OCc2ccccc2)cc1. The Kier molecular flexibility index (Phi) is 6.59. The Morgan fingerprint density at radius 2 is 1.56 bits per heavy atom. The molecule has 0 aromatic heterocycles. The lowest BCUT2D eigenvalue weighted by molar-refractivity contribution is -0.119. The molecule has 0 heterocycles. The van der Waals surface area contributed by atoms with E-state index in [1.807, 2.05) is 84.9 Å². The van der Waals surface area contributed by atoms with Crippen LogP contribution in [0.1, 0.15) is 11.1 Å². The van der Waals surface area contributed by atoms with Crippen molar-refractivity contribution in [1.82, 2.24) is 5.43 Å². The van der Waals surface area contributed by atoms with Crippen molar-refractivity contribution in [3.63, 3.8) is 0 Å². The van der Waals surface area contributed by atoms with Gasteiger partial charge in [0.25, 0.3) is 5.91 Å². The van der Waals surface area contributed by atoms with Crippen LogP contribution in [0.3, 0.4) is 0 Å². The van der Waals surface area contributed by atoms with E-state index in [0.717, 1.165) is 22.6 Å². The molecule has 0 aliphatic heterocycles. The molecule has 0 saturated carbocycles. The molecular weight excluding hydrogens is 338 g/mol.